The molecule has 9 nitrogen and oxygen atoms in total. The second kappa shape index (κ2) is 10.0. The molecule has 188 valence electrons. The van der Waals surface area contributed by atoms with Crippen molar-refractivity contribution in [3.63, 3.8) is 0 Å². The van der Waals surface area contributed by atoms with Crippen molar-refractivity contribution in [3.8, 4) is 5.95 Å². The summed E-state index contributed by atoms with van der Waals surface area (Å²) in [7, 11) is 0. The second-order valence-corrected chi connectivity index (χ2v) is 8.20. The van der Waals surface area contributed by atoms with Gasteiger partial charge in [-0.15, -0.1) is 5.73 Å². The summed E-state index contributed by atoms with van der Waals surface area (Å²) in [6.45, 7) is 4.00. The summed E-state index contributed by atoms with van der Waals surface area (Å²) in [6, 6.07) is 11.8. The third kappa shape index (κ3) is 4.01. The largest absolute Gasteiger partial charge is 0.390 e. The van der Waals surface area contributed by atoms with E-state index in [2.05, 4.69) is 36.4 Å². The maximum Gasteiger partial charge on any atom is 0.257 e. The molecule has 3 aliphatic rings. The molecule has 39 heavy (non-hydrogen) atoms. The van der Waals surface area contributed by atoms with Gasteiger partial charge in [-0.1, -0.05) is 43.9 Å². The third-order valence-electron chi connectivity index (χ3n) is 6.09. The van der Waals surface area contributed by atoms with Gasteiger partial charge in [-0.05, 0) is 48.6 Å². The Hall–Kier alpha value is -5.62. The number of pyridine rings is 1. The van der Waals surface area contributed by atoms with E-state index in [0.717, 1.165) is 44.9 Å². The third-order valence-corrected chi connectivity index (χ3v) is 6.09. The van der Waals surface area contributed by atoms with Crippen LogP contribution in [0.3, 0.4) is 0 Å². The summed E-state index contributed by atoms with van der Waals surface area (Å²) in [6.07, 6.45) is 16.2. The van der Waals surface area contributed by atoms with Crippen LogP contribution in [0.4, 0.5) is 17.6 Å². The molecule has 4 aromatic rings. The molecule has 0 amide bonds. The molecule has 0 atom stereocenters. The van der Waals surface area contributed by atoms with Crippen LogP contribution in [0.1, 0.15) is 30.7 Å². The molecule has 0 unspecified atom stereocenters. The molecule has 5 heterocycles. The van der Waals surface area contributed by atoms with E-state index in [1.54, 1.807) is 12.4 Å². The molecule has 1 aromatic carbocycles. The van der Waals surface area contributed by atoms with Crippen molar-refractivity contribution in [2.45, 2.75) is 13.8 Å². The Morgan fingerprint density at radius 3 is 2.74 bits per heavy atom. The molecule has 0 radical (unpaired) electrons. The molecule has 2 N–H and O–H groups in total. The molecule has 0 saturated carbocycles. The SMILES string of the molecule is CC.N/C=N/c1nc(N2C3=C=C(N=CC=C3)c3ccccc32)nc(-n2c3c(c4ncccc42)C=C=CC=C3)n1. The van der Waals surface area contributed by atoms with E-state index in [1.807, 2.05) is 96.2 Å². The fraction of sp³-hybridized carbons (Fsp3) is 0.0667. The molecule has 0 fully saturated rings. The minimum absolute atomic E-state index is 0.176. The highest BCUT2D eigenvalue weighted by molar-refractivity contribution is 5.93. The van der Waals surface area contributed by atoms with Gasteiger partial charge in [-0.2, -0.15) is 15.0 Å². The summed E-state index contributed by atoms with van der Waals surface area (Å²) in [5.74, 6) is 0.929. The molecule has 2 aliphatic heterocycles. The first-order chi connectivity index (χ1) is 19.3. The lowest BCUT2D eigenvalue weighted by Crippen LogP contribution is -2.22. The maximum atomic E-state index is 5.66. The number of rotatable bonds is 3. The van der Waals surface area contributed by atoms with Crippen LogP contribution in [0, 0.1) is 0 Å². The van der Waals surface area contributed by atoms with Gasteiger partial charge in [0.25, 0.3) is 5.95 Å². The number of fused-ring (bicyclic) bond motifs is 5. The molecule has 0 spiro atoms. The van der Waals surface area contributed by atoms with Gasteiger partial charge in [0, 0.05) is 23.5 Å². The first-order valence-electron chi connectivity index (χ1n) is 12.5. The first-order valence-corrected chi connectivity index (χ1v) is 12.5. The highest BCUT2D eigenvalue weighted by Gasteiger charge is 2.27. The molecular weight excluding hydrogens is 486 g/mol. The van der Waals surface area contributed by atoms with Gasteiger partial charge in [0.2, 0.25) is 11.9 Å². The van der Waals surface area contributed by atoms with E-state index in [1.165, 1.54) is 6.34 Å². The molecule has 9 heteroatoms. The molecule has 0 saturated heterocycles. The summed E-state index contributed by atoms with van der Waals surface area (Å²) in [4.78, 5) is 29.5. The van der Waals surface area contributed by atoms with Crippen LogP contribution in [0.25, 0.3) is 34.8 Å². The fourth-order valence-corrected chi connectivity index (χ4v) is 4.60. The van der Waals surface area contributed by atoms with Gasteiger partial charge < -0.3 is 5.73 Å². The molecule has 7 rings (SSSR count). The number of para-hydroxylation sites is 1. The van der Waals surface area contributed by atoms with Crippen LogP contribution in [-0.2, 0) is 0 Å². The maximum absolute atomic E-state index is 5.66. The van der Waals surface area contributed by atoms with E-state index < -0.39 is 0 Å². The van der Waals surface area contributed by atoms with Crippen molar-refractivity contribution in [3.05, 3.63) is 101 Å². The predicted molar refractivity (Wildman–Crippen MR) is 156 cm³/mol. The lowest BCUT2D eigenvalue weighted by atomic mass is 10.1. The lowest BCUT2D eigenvalue weighted by molar-refractivity contribution is 0.897. The van der Waals surface area contributed by atoms with Crippen molar-refractivity contribution in [2.24, 2.45) is 15.7 Å². The number of hydrogen-bond donors (Lipinski definition) is 1. The van der Waals surface area contributed by atoms with Crippen LogP contribution in [0.5, 0.6) is 0 Å². The number of hydrogen-bond acceptors (Lipinski definition) is 7. The number of aromatic nitrogens is 5. The number of benzene rings is 1. The van der Waals surface area contributed by atoms with E-state index in [9.17, 15) is 0 Å². The summed E-state index contributed by atoms with van der Waals surface area (Å²) in [5.41, 5.74) is 19.0. The van der Waals surface area contributed by atoms with Crippen molar-refractivity contribution < 1.29 is 0 Å². The fourth-order valence-electron chi connectivity index (χ4n) is 4.60. The predicted octanol–water partition coefficient (Wildman–Crippen LogP) is 5.67. The van der Waals surface area contributed by atoms with Gasteiger partial charge in [0.05, 0.1) is 34.5 Å². The molecule has 3 aromatic heterocycles. The minimum Gasteiger partial charge on any atom is -0.390 e. The number of allylic oxidation sites excluding steroid dienone is 4. The van der Waals surface area contributed by atoms with E-state index in [4.69, 9.17) is 10.7 Å². The molecular formula is C30H23N9. The normalized spacial score (nSPS) is 14.4. The first kappa shape index (κ1) is 23.8. The number of anilines is 2. The van der Waals surface area contributed by atoms with Gasteiger partial charge in [-0.3, -0.25) is 14.5 Å². The Morgan fingerprint density at radius 1 is 0.974 bits per heavy atom. The summed E-state index contributed by atoms with van der Waals surface area (Å²) in [5, 5.41) is 0. The number of aliphatic imine (C=N–C) groups is 2. The second-order valence-electron chi connectivity index (χ2n) is 8.20. The summed E-state index contributed by atoms with van der Waals surface area (Å²) >= 11 is 0. The summed E-state index contributed by atoms with van der Waals surface area (Å²) < 4.78 is 1.95. The zero-order valence-corrected chi connectivity index (χ0v) is 21.3. The Morgan fingerprint density at radius 2 is 1.85 bits per heavy atom. The van der Waals surface area contributed by atoms with Crippen molar-refractivity contribution in [1.82, 2.24) is 24.5 Å². The number of nitrogens with zero attached hydrogens (tertiary/aromatic N) is 8. The highest BCUT2D eigenvalue weighted by Crippen LogP contribution is 2.39. The van der Waals surface area contributed by atoms with Gasteiger partial charge in [0.1, 0.15) is 5.70 Å². The van der Waals surface area contributed by atoms with Crippen molar-refractivity contribution in [1.29, 1.82) is 0 Å². The standard InChI is InChI=1S/C28H17N9.C2H6/c29-17-32-26-33-27(36-18-8-6-14-30-21(16-18)19-9-4-5-12-22(19)36)35-28(34-26)37-23-11-3-1-2-10-20(23)25-24(37)13-7-15-31-25;1-2/h1,3-15,17H,(H2,29,32,33,34,35);1-2H3. The molecule has 2 bridgehead atoms. The van der Waals surface area contributed by atoms with Crippen LogP contribution >= 0.6 is 0 Å². The molecule has 1 aliphatic carbocycles. The minimum atomic E-state index is 0.176. The highest BCUT2D eigenvalue weighted by atomic mass is 15.3. The average Bonchev–Trinajstić information content (AvgIpc) is 3.14. The monoisotopic (exact) mass is 509 g/mol. The van der Waals surface area contributed by atoms with Crippen LogP contribution in [0.15, 0.2) is 94.0 Å². The van der Waals surface area contributed by atoms with Gasteiger partial charge >= 0.3 is 0 Å². The number of nitrogens with two attached hydrogens (primary N) is 1. The van der Waals surface area contributed by atoms with Crippen LogP contribution in [-0.4, -0.2) is 37.1 Å². The zero-order chi connectivity index (χ0) is 26.8. The van der Waals surface area contributed by atoms with Crippen LogP contribution in [0.2, 0.25) is 0 Å². The smallest absolute Gasteiger partial charge is 0.257 e. The zero-order valence-electron chi connectivity index (χ0n) is 21.3. The van der Waals surface area contributed by atoms with Gasteiger partial charge in [-0.25, -0.2) is 9.98 Å². The van der Waals surface area contributed by atoms with Crippen molar-refractivity contribution >= 4 is 59.0 Å². The van der Waals surface area contributed by atoms with E-state index >= 15 is 0 Å². The van der Waals surface area contributed by atoms with Crippen molar-refractivity contribution in [2.75, 3.05) is 4.90 Å². The van der Waals surface area contributed by atoms with Crippen LogP contribution < -0.4 is 10.6 Å². The average molecular weight is 510 g/mol. The van der Waals surface area contributed by atoms with E-state index in [0.29, 0.717) is 11.9 Å². The van der Waals surface area contributed by atoms with E-state index in [-0.39, 0.29) is 5.95 Å². The Labute approximate surface area is 224 Å². The Bertz CT molecular complexity index is 1870. The Kier molecular flexibility index (Phi) is 6.11. The topological polar surface area (TPSA) is 110 Å². The Balaban J connectivity index is 0.00000135. The lowest BCUT2D eigenvalue weighted by Gasteiger charge is -2.27. The quantitative estimate of drug-likeness (QED) is 0.217. The van der Waals surface area contributed by atoms with Gasteiger partial charge in [0.15, 0.2) is 0 Å².